The number of allylic oxidation sites excluding steroid dienone is 1. The molecular formula is C25H19FN4O4S. The second-order valence-electron chi connectivity index (χ2n) is 7.56. The number of fused-ring (bicyclic) bond motifs is 1. The fourth-order valence-corrected chi connectivity index (χ4v) is 4.96. The number of ether oxygens (including phenoxy) is 1. The Kier molecular flexibility index (Phi) is 6.62. The molecule has 35 heavy (non-hydrogen) atoms. The molecule has 10 heteroatoms. The minimum atomic E-state index is -1.03. The summed E-state index contributed by atoms with van der Waals surface area (Å²) >= 11 is 0.862. The van der Waals surface area contributed by atoms with Crippen molar-refractivity contribution in [2.24, 2.45) is 5.73 Å². The van der Waals surface area contributed by atoms with E-state index in [0.717, 1.165) is 27.5 Å². The Labute approximate surface area is 202 Å². The second-order valence-corrected chi connectivity index (χ2v) is 8.59. The highest BCUT2D eigenvalue weighted by molar-refractivity contribution is 7.07. The maximum atomic E-state index is 14.1. The number of nitrogens with two attached hydrogens (primary N) is 1. The highest BCUT2D eigenvalue weighted by atomic mass is 32.1. The number of halogens is 1. The molecule has 0 spiro atoms. The summed E-state index contributed by atoms with van der Waals surface area (Å²) in [7, 11) is 1.17. The summed E-state index contributed by atoms with van der Waals surface area (Å²) in [5, 5.41) is 12.8. The van der Waals surface area contributed by atoms with E-state index in [0.29, 0.717) is 5.56 Å². The standard InChI is InChI=1S/C25H19FN4O4S/c1-34-19(31)11-18-24(33)30-22(28)17(12-27)20(15-8-5-9-16(26)10-15)21(25(30)35-18)23(32)29-13-14-6-3-2-4-7-14/h2-11,20H,13,28H2,1H3,(H,29,32)/b18-11-/t20-/m0/s1. The number of hydrogen-bond acceptors (Lipinski definition) is 7. The minimum absolute atomic E-state index is 0.0275. The summed E-state index contributed by atoms with van der Waals surface area (Å²) in [5.41, 5.74) is 6.67. The Bertz CT molecular complexity index is 1580. The molecule has 0 unspecified atom stereocenters. The van der Waals surface area contributed by atoms with Crippen molar-refractivity contribution >= 4 is 40.7 Å². The summed E-state index contributed by atoms with van der Waals surface area (Å²) in [4.78, 5) is 38.4. The van der Waals surface area contributed by atoms with E-state index >= 15 is 0 Å². The minimum Gasteiger partial charge on any atom is -0.466 e. The first-order chi connectivity index (χ1) is 16.8. The van der Waals surface area contributed by atoms with E-state index in [4.69, 9.17) is 5.73 Å². The van der Waals surface area contributed by atoms with Crippen LogP contribution in [0.2, 0.25) is 0 Å². The highest BCUT2D eigenvalue weighted by Gasteiger charge is 2.35. The first-order valence-electron chi connectivity index (χ1n) is 10.4. The third-order valence-electron chi connectivity index (χ3n) is 5.44. The zero-order valence-electron chi connectivity index (χ0n) is 18.4. The predicted molar refractivity (Wildman–Crippen MR) is 128 cm³/mol. The summed E-state index contributed by atoms with van der Waals surface area (Å²) < 4.78 is 19.9. The zero-order chi connectivity index (χ0) is 25.1. The van der Waals surface area contributed by atoms with Gasteiger partial charge in [-0.1, -0.05) is 42.5 Å². The monoisotopic (exact) mass is 490 g/mol. The van der Waals surface area contributed by atoms with Crippen molar-refractivity contribution in [3.05, 3.63) is 96.7 Å². The smallest absolute Gasteiger partial charge is 0.332 e. The van der Waals surface area contributed by atoms with E-state index < -0.39 is 29.2 Å². The topological polar surface area (TPSA) is 127 Å². The van der Waals surface area contributed by atoms with Crippen molar-refractivity contribution in [2.45, 2.75) is 12.5 Å². The number of methoxy groups -OCH3 is 1. The molecule has 0 bridgehead atoms. The molecule has 0 aliphatic carbocycles. The highest BCUT2D eigenvalue weighted by Crippen LogP contribution is 2.36. The maximum absolute atomic E-state index is 14.1. The maximum Gasteiger partial charge on any atom is 0.332 e. The summed E-state index contributed by atoms with van der Waals surface area (Å²) in [6.07, 6.45) is 0.994. The Morgan fingerprint density at radius 2 is 2.00 bits per heavy atom. The molecule has 1 atom stereocenters. The molecular weight excluding hydrogens is 471 g/mol. The lowest BCUT2D eigenvalue weighted by molar-refractivity contribution is -0.133. The van der Waals surface area contributed by atoms with Gasteiger partial charge in [-0.2, -0.15) is 5.26 Å². The van der Waals surface area contributed by atoms with Crippen LogP contribution in [0.3, 0.4) is 0 Å². The van der Waals surface area contributed by atoms with Crippen molar-refractivity contribution in [2.75, 3.05) is 7.11 Å². The molecule has 0 saturated heterocycles. The van der Waals surface area contributed by atoms with E-state index in [1.54, 1.807) is 6.07 Å². The van der Waals surface area contributed by atoms with E-state index in [1.807, 2.05) is 36.4 Å². The van der Waals surface area contributed by atoms with E-state index in [-0.39, 0.29) is 32.7 Å². The van der Waals surface area contributed by atoms with Crippen molar-refractivity contribution in [3.8, 4) is 6.07 Å². The quantitative estimate of drug-likeness (QED) is 0.512. The van der Waals surface area contributed by atoms with Crippen LogP contribution >= 0.6 is 11.3 Å². The number of benzene rings is 2. The molecule has 176 valence electrons. The number of nitrogens with zero attached hydrogens (tertiary/aromatic N) is 2. The van der Waals surface area contributed by atoms with Gasteiger partial charge in [-0.05, 0) is 23.3 Å². The molecule has 3 aromatic rings. The number of rotatable bonds is 5. The third kappa shape index (κ3) is 4.49. The van der Waals surface area contributed by atoms with Crippen molar-refractivity contribution in [1.82, 2.24) is 9.88 Å². The SMILES string of the molecule is COC(=O)/C=c1\sc2n(c1=O)C(N)=C(C#N)[C@H](c1cccc(F)c1)C=2C(=O)NCc1ccccc1. The van der Waals surface area contributed by atoms with Gasteiger partial charge in [0.05, 0.1) is 30.2 Å². The number of thiazole rings is 1. The molecule has 3 N–H and O–H groups in total. The van der Waals surface area contributed by atoms with Gasteiger partial charge in [0, 0.05) is 12.6 Å². The van der Waals surface area contributed by atoms with Gasteiger partial charge < -0.3 is 15.8 Å². The van der Waals surface area contributed by atoms with Crippen molar-refractivity contribution in [3.63, 3.8) is 0 Å². The van der Waals surface area contributed by atoms with Gasteiger partial charge in [0.2, 0.25) is 0 Å². The van der Waals surface area contributed by atoms with Crippen molar-refractivity contribution < 1.29 is 18.7 Å². The average molecular weight is 491 g/mol. The normalized spacial score (nSPS) is 15.4. The largest absolute Gasteiger partial charge is 0.466 e. The fourth-order valence-electron chi connectivity index (χ4n) is 3.83. The zero-order valence-corrected chi connectivity index (χ0v) is 19.3. The van der Waals surface area contributed by atoms with Crippen LogP contribution in [-0.2, 0) is 20.9 Å². The molecule has 1 aliphatic heterocycles. The van der Waals surface area contributed by atoms with Crippen LogP contribution < -0.4 is 25.8 Å². The fraction of sp³-hybridized carbons (Fsp3) is 0.120. The van der Waals surface area contributed by atoms with E-state index in [1.165, 1.54) is 25.3 Å². The number of hydrogen-bond donors (Lipinski definition) is 2. The Morgan fingerprint density at radius 3 is 2.66 bits per heavy atom. The van der Waals surface area contributed by atoms with Crippen LogP contribution in [0.1, 0.15) is 17.0 Å². The van der Waals surface area contributed by atoms with Gasteiger partial charge in [-0.3, -0.25) is 14.2 Å². The number of nitrogens with one attached hydrogen (secondary N) is 1. The Hall–Kier alpha value is -4.49. The Balaban J connectivity index is 1.99. The van der Waals surface area contributed by atoms with Gasteiger partial charge in [0.1, 0.15) is 20.8 Å². The molecule has 0 fully saturated rings. The van der Waals surface area contributed by atoms with Gasteiger partial charge in [-0.25, -0.2) is 9.18 Å². The molecule has 2 heterocycles. The van der Waals surface area contributed by atoms with Crippen molar-refractivity contribution in [1.29, 1.82) is 5.26 Å². The number of amides is 1. The van der Waals surface area contributed by atoms with Crippen LogP contribution in [0.5, 0.6) is 0 Å². The van der Waals surface area contributed by atoms with Crippen LogP contribution in [0.15, 0.2) is 65.0 Å². The molecule has 8 nitrogen and oxygen atoms in total. The summed E-state index contributed by atoms with van der Waals surface area (Å²) in [6, 6.07) is 16.6. The lowest BCUT2D eigenvalue weighted by Gasteiger charge is -2.25. The van der Waals surface area contributed by atoms with Crippen LogP contribution in [0.4, 0.5) is 4.39 Å². The van der Waals surface area contributed by atoms with Gasteiger partial charge >= 0.3 is 5.97 Å². The third-order valence-corrected chi connectivity index (χ3v) is 6.55. The molecule has 1 amide bonds. The molecule has 0 saturated carbocycles. The first-order valence-corrected chi connectivity index (χ1v) is 11.2. The number of carbonyl (C=O) groups excluding carboxylic acids is 2. The number of aromatic nitrogens is 1. The Morgan fingerprint density at radius 1 is 1.26 bits per heavy atom. The lowest BCUT2D eigenvalue weighted by atomic mass is 9.83. The van der Waals surface area contributed by atoms with Gasteiger partial charge in [0.15, 0.2) is 0 Å². The van der Waals surface area contributed by atoms with E-state index in [9.17, 15) is 24.0 Å². The number of carbonyl (C=O) groups is 2. The van der Waals surface area contributed by atoms with E-state index in [2.05, 4.69) is 10.1 Å². The molecule has 1 aliphatic rings. The first kappa shape index (κ1) is 23.7. The average Bonchev–Trinajstić information content (AvgIpc) is 3.18. The molecule has 4 rings (SSSR count). The summed E-state index contributed by atoms with van der Waals surface area (Å²) in [5.74, 6) is -3.11. The van der Waals surface area contributed by atoms with Gasteiger partial charge in [-0.15, -0.1) is 11.3 Å². The molecule has 1 aromatic heterocycles. The van der Waals surface area contributed by atoms with Crippen LogP contribution in [0, 0.1) is 17.1 Å². The van der Waals surface area contributed by atoms with Crippen LogP contribution in [-0.4, -0.2) is 23.6 Å². The summed E-state index contributed by atoms with van der Waals surface area (Å²) in [6.45, 7) is 0.177. The molecule has 0 radical (unpaired) electrons. The lowest BCUT2D eigenvalue weighted by Crippen LogP contribution is -2.42. The number of nitriles is 1. The number of esters is 1. The van der Waals surface area contributed by atoms with Gasteiger partial charge in [0.25, 0.3) is 11.5 Å². The predicted octanol–water partition coefficient (Wildman–Crippen LogP) is 0.918. The van der Waals surface area contributed by atoms with Crippen LogP contribution in [0.25, 0.3) is 17.5 Å². The molecule has 2 aromatic carbocycles. The second kappa shape index (κ2) is 9.79.